The van der Waals surface area contributed by atoms with Crippen molar-refractivity contribution in [3.05, 3.63) is 141 Å². The number of aromatic nitrogens is 8. The number of piperidine rings is 2. The second-order valence-corrected chi connectivity index (χ2v) is 23.4. The molecule has 21 nitrogen and oxygen atoms in total. The average molecular weight is 1300 g/mol. The number of fused-ring (bicyclic) bond motifs is 4. The van der Waals surface area contributed by atoms with Gasteiger partial charge in [0.25, 0.3) is 0 Å². The summed E-state index contributed by atoms with van der Waals surface area (Å²) >= 11 is 6.66. The number of aryl methyl sites for hydroxylation is 2. The number of hydrogen-bond donors (Lipinski definition) is 6. The maximum absolute atomic E-state index is 13.8. The Labute approximate surface area is 502 Å². The highest BCUT2D eigenvalue weighted by Crippen LogP contribution is 2.59. The number of anilines is 6. The minimum absolute atomic E-state index is 0. The third-order valence-electron chi connectivity index (χ3n) is 15.3. The molecule has 2 aromatic carbocycles. The number of hydrogen-bond acceptors (Lipinski definition) is 15. The van der Waals surface area contributed by atoms with Gasteiger partial charge in [-0.25, -0.2) is 18.7 Å². The van der Waals surface area contributed by atoms with E-state index in [9.17, 15) is 37.5 Å². The number of aliphatic carboxylic acids is 1. The minimum Gasteiger partial charge on any atom is -0.480 e. The lowest BCUT2D eigenvalue weighted by atomic mass is 10.0. The number of pyridine rings is 4. The van der Waals surface area contributed by atoms with Gasteiger partial charge in [-0.15, -0.1) is 12.4 Å². The Balaban J connectivity index is 0.000000166. The summed E-state index contributed by atoms with van der Waals surface area (Å²) in [6.45, 7) is 10.4. The van der Waals surface area contributed by atoms with E-state index in [0.717, 1.165) is 41.0 Å². The van der Waals surface area contributed by atoms with Crippen molar-refractivity contribution in [1.29, 1.82) is 0 Å². The number of nitrogens with one attached hydrogen (secondary N) is 5. The molecule has 436 valence electrons. The smallest absolute Gasteiger partial charge is 0.325 e. The van der Waals surface area contributed by atoms with Crippen LogP contribution in [-0.2, 0) is 32.3 Å². The number of Topliss-reactive ketones (excluding diaryl/α,β-unsaturated/α-hetero) is 2. The topological polar surface area (TPSA) is 273 Å². The van der Waals surface area contributed by atoms with Crippen LogP contribution in [0.5, 0.6) is 0 Å². The summed E-state index contributed by atoms with van der Waals surface area (Å²) in [6.07, 6.45) is 8.68. The molecule has 2 aliphatic carbocycles. The highest BCUT2D eigenvalue weighted by atomic mass is 79.9. The van der Waals surface area contributed by atoms with E-state index < -0.39 is 23.6 Å². The zero-order chi connectivity index (χ0) is 59.2. The number of likely N-dealkylation sites (tertiary alicyclic amines) is 1. The van der Waals surface area contributed by atoms with Crippen molar-refractivity contribution >= 4 is 136 Å². The fraction of sp³-hybridized carbons (Fsp3) is 0.310. The third-order valence-corrected chi connectivity index (χ3v) is 16.2. The Kier molecular flexibility index (Phi) is 17.4. The molecule has 3 amide bonds. The maximum atomic E-state index is 13.8. The van der Waals surface area contributed by atoms with Gasteiger partial charge in [-0.2, -0.15) is 10.2 Å². The van der Waals surface area contributed by atoms with Gasteiger partial charge in [-0.05, 0) is 142 Å². The number of carboxylic acids is 1. The Morgan fingerprint density at radius 2 is 1.14 bits per heavy atom. The van der Waals surface area contributed by atoms with Crippen molar-refractivity contribution in [2.75, 3.05) is 21.3 Å². The van der Waals surface area contributed by atoms with E-state index in [1.54, 1.807) is 47.4 Å². The van der Waals surface area contributed by atoms with E-state index in [2.05, 4.69) is 102 Å². The molecule has 0 unspecified atom stereocenters. The number of halogens is 5. The van der Waals surface area contributed by atoms with Crippen molar-refractivity contribution in [1.82, 2.24) is 49.7 Å². The first-order valence-electron chi connectivity index (χ1n) is 26.4. The molecular formula is C58H57Br2ClF2N14O7. The van der Waals surface area contributed by atoms with Crippen LogP contribution in [0.4, 0.5) is 43.2 Å². The molecular weight excluding hydrogens is 1240 g/mol. The molecule has 8 heterocycles. The fourth-order valence-electron chi connectivity index (χ4n) is 10.8. The molecule has 8 aromatic rings. The normalized spacial score (nSPS) is 20.4. The van der Waals surface area contributed by atoms with Crippen molar-refractivity contribution in [2.24, 2.45) is 10.8 Å². The monoisotopic (exact) mass is 1290 g/mol. The Bertz CT molecular complexity index is 3960. The van der Waals surface area contributed by atoms with E-state index in [-0.39, 0.29) is 83.7 Å². The highest BCUT2D eigenvalue weighted by molar-refractivity contribution is 9.10. The molecule has 2 saturated heterocycles. The summed E-state index contributed by atoms with van der Waals surface area (Å²) in [7, 11) is 0. The van der Waals surface area contributed by atoms with Crippen LogP contribution in [0, 0.1) is 36.3 Å². The predicted octanol–water partition coefficient (Wildman–Crippen LogP) is 10.3. The minimum atomic E-state index is -1.05. The summed E-state index contributed by atoms with van der Waals surface area (Å²) in [5.41, 5.74) is 5.69. The molecule has 0 radical (unpaired) electrons. The highest BCUT2D eigenvalue weighted by Gasteiger charge is 2.64. The predicted molar refractivity (Wildman–Crippen MR) is 320 cm³/mol. The van der Waals surface area contributed by atoms with E-state index in [0.29, 0.717) is 78.7 Å². The van der Waals surface area contributed by atoms with Crippen molar-refractivity contribution in [3.8, 4) is 0 Å². The van der Waals surface area contributed by atoms with Gasteiger partial charge >= 0.3 is 5.97 Å². The molecule has 0 bridgehead atoms. The van der Waals surface area contributed by atoms with Crippen LogP contribution >= 0.6 is 44.3 Å². The zero-order valence-corrected chi connectivity index (χ0v) is 50.1. The van der Waals surface area contributed by atoms with Crippen LogP contribution in [0.15, 0.2) is 107 Å². The van der Waals surface area contributed by atoms with Crippen molar-refractivity contribution in [3.63, 3.8) is 0 Å². The van der Waals surface area contributed by atoms with Gasteiger partial charge in [0.1, 0.15) is 63.0 Å². The number of benzene rings is 2. The van der Waals surface area contributed by atoms with Crippen LogP contribution in [-0.4, -0.2) is 109 Å². The summed E-state index contributed by atoms with van der Waals surface area (Å²) < 4.78 is 30.9. The summed E-state index contributed by atoms with van der Waals surface area (Å²) in [6, 6.07) is 20.1. The van der Waals surface area contributed by atoms with Gasteiger partial charge < -0.3 is 36.6 Å². The molecule has 0 spiro atoms. The van der Waals surface area contributed by atoms with Crippen LogP contribution in [0.2, 0.25) is 0 Å². The van der Waals surface area contributed by atoms with E-state index in [1.807, 2.05) is 32.0 Å². The van der Waals surface area contributed by atoms with E-state index in [1.165, 1.54) is 54.2 Å². The van der Waals surface area contributed by atoms with Crippen molar-refractivity contribution < 1.29 is 42.7 Å². The number of carbonyl (C=O) groups excluding carboxylic acids is 5. The molecule has 4 aliphatic rings. The van der Waals surface area contributed by atoms with Crippen LogP contribution in [0.1, 0.15) is 85.5 Å². The molecule has 2 aliphatic heterocycles. The summed E-state index contributed by atoms with van der Waals surface area (Å²) in [4.78, 5) is 92.4. The van der Waals surface area contributed by atoms with Gasteiger partial charge in [0.15, 0.2) is 11.6 Å². The molecule has 6 aromatic heterocycles. The lowest BCUT2D eigenvalue weighted by Crippen LogP contribution is -2.47. The summed E-state index contributed by atoms with van der Waals surface area (Å²) in [5, 5.41) is 33.8. The van der Waals surface area contributed by atoms with Gasteiger partial charge in [-0.1, -0.05) is 26.0 Å². The number of rotatable bonds is 14. The van der Waals surface area contributed by atoms with Gasteiger partial charge in [0.2, 0.25) is 17.7 Å². The lowest BCUT2D eigenvalue weighted by molar-refractivity contribution is -0.138. The number of nitrogens with zero attached hydrogens (tertiary/aromatic N) is 9. The van der Waals surface area contributed by atoms with Gasteiger partial charge in [-0.3, -0.25) is 48.1 Å². The lowest BCUT2D eigenvalue weighted by Gasteiger charge is -2.27. The zero-order valence-electron chi connectivity index (χ0n) is 46.1. The van der Waals surface area contributed by atoms with Gasteiger partial charge in [0, 0.05) is 60.2 Å². The maximum Gasteiger partial charge on any atom is 0.325 e. The Morgan fingerprint density at radius 3 is 1.61 bits per heavy atom. The van der Waals surface area contributed by atoms with E-state index >= 15 is 0 Å². The summed E-state index contributed by atoms with van der Waals surface area (Å²) in [5.74, 6) is -1.94. The van der Waals surface area contributed by atoms with Gasteiger partial charge in [0.05, 0.1) is 53.2 Å². The number of carbonyl (C=O) groups is 6. The first-order chi connectivity index (χ1) is 39.4. The average Bonchev–Trinajstić information content (AvgIpc) is 2.15. The molecule has 2 saturated carbocycles. The quantitative estimate of drug-likeness (QED) is 0.0436. The second-order valence-electron chi connectivity index (χ2n) is 21.8. The first kappa shape index (κ1) is 60.5. The third kappa shape index (κ3) is 13.3. The van der Waals surface area contributed by atoms with Crippen LogP contribution < -0.4 is 26.6 Å². The Hall–Kier alpha value is -8.13. The standard InChI is InChI=1S/C29H27BrFN7O3.C16H13FN4O3.C13H16BrN3O.ClH/c1-15-4-7-24(30)34-27(15)35-28(41)22-10-29(3)11-23(29)38(22)25(40)14-37-21-6-5-18(9-20(21)26(36-37)16(2)39)33-19-8-17(31)12-32-13-19;1-9(22)16-13-5-11(19-12-4-10(17)6-18-7-12)2-3-14(13)21(20-16)8-15(23)24;1-7-3-4-10(14)16-11(7)17-12(18)8-5-13(2)6-9(13)15-8;/h4-9,12-13,22-23,33H,10-11,14H2,1-3H3,(H,34,35,41);2-7,19H,8H2,1H3,(H,23,24);3-4,8-9,15H,5-6H2,1-2H3,(H,16,17,18);1H/t22-,23+,29-;;8-,9+,13-;/m0.0./s1. The molecule has 6 N–H and O–H groups in total. The Morgan fingerprint density at radius 1 is 0.643 bits per heavy atom. The SMILES string of the molecule is CC(=O)c1nn(CC(=O)N2[C@H](C(=O)Nc3nc(Br)ccc3C)C[C@@]3(C)C[C@@H]23)c2ccc(Nc3cncc(F)c3)cc12.CC(=O)c1nn(CC(=O)O)c2ccc(Nc3cncc(F)c3)cc12.Cc1ccc(Br)nc1NC(=O)[C@@H]1C[C@@]2(C)C[C@H]2N1.Cl. The molecule has 26 heteroatoms. The number of amides is 3. The molecule has 4 fully saturated rings. The molecule has 6 atom stereocenters. The van der Waals surface area contributed by atoms with Crippen LogP contribution in [0.25, 0.3) is 21.8 Å². The number of ketones is 2. The fourth-order valence-corrected chi connectivity index (χ4v) is 11.4. The largest absolute Gasteiger partial charge is 0.480 e. The van der Waals surface area contributed by atoms with Crippen molar-refractivity contribution in [2.45, 2.75) is 104 Å². The molecule has 12 rings (SSSR count). The first-order valence-corrected chi connectivity index (χ1v) is 28.0. The molecule has 84 heavy (non-hydrogen) atoms. The van der Waals surface area contributed by atoms with E-state index in [4.69, 9.17) is 5.11 Å². The second kappa shape index (κ2) is 24.2. The van der Waals surface area contributed by atoms with Crippen LogP contribution in [0.3, 0.4) is 0 Å². The number of carboxylic acid groups (broad SMARTS) is 1.